The van der Waals surface area contributed by atoms with Crippen LogP contribution in [0.5, 0.6) is 5.75 Å². The topological polar surface area (TPSA) is 35.3 Å². The minimum absolute atomic E-state index is 0.277. The number of halogens is 3. The molecule has 2 aromatic rings. The number of aromatic nitrogens is 1. The first kappa shape index (κ1) is 12.5. The van der Waals surface area contributed by atoms with Crippen LogP contribution in [0.4, 0.5) is 13.2 Å². The molecular formula is C12H10F3NO2. The summed E-state index contributed by atoms with van der Waals surface area (Å²) >= 11 is 0. The molecule has 0 aliphatic rings. The van der Waals surface area contributed by atoms with Crippen molar-refractivity contribution in [3.63, 3.8) is 0 Å². The lowest BCUT2D eigenvalue weighted by molar-refractivity contribution is -0.274. The summed E-state index contributed by atoms with van der Waals surface area (Å²) in [5.41, 5.74) is 1.000. The lowest BCUT2D eigenvalue weighted by Crippen LogP contribution is -2.17. The van der Waals surface area contributed by atoms with Gasteiger partial charge in [-0.1, -0.05) is 24.2 Å². The number of ether oxygens (including phenoxy) is 1. The van der Waals surface area contributed by atoms with Crippen molar-refractivity contribution in [1.82, 2.24) is 5.16 Å². The van der Waals surface area contributed by atoms with Crippen LogP contribution in [0.1, 0.15) is 12.7 Å². The van der Waals surface area contributed by atoms with Crippen molar-refractivity contribution >= 4 is 0 Å². The zero-order valence-electron chi connectivity index (χ0n) is 9.49. The number of hydrogen-bond donors (Lipinski definition) is 0. The standard InChI is InChI=1S/C12H10F3NO2/c1-2-9-7-11(16-18-9)8-4-3-5-10(6-8)17-12(13,14)15/h3-7H,2H2,1H3. The van der Waals surface area contributed by atoms with Crippen LogP contribution in [0.25, 0.3) is 11.3 Å². The monoisotopic (exact) mass is 257 g/mol. The third kappa shape index (κ3) is 3.03. The second-order valence-corrected chi connectivity index (χ2v) is 3.61. The smallest absolute Gasteiger partial charge is 0.406 e. The Hall–Kier alpha value is -1.98. The minimum atomic E-state index is -4.70. The average molecular weight is 257 g/mol. The Kier molecular flexibility index (Phi) is 3.27. The predicted octanol–water partition coefficient (Wildman–Crippen LogP) is 3.80. The van der Waals surface area contributed by atoms with E-state index < -0.39 is 6.36 Å². The molecule has 0 unspecified atom stereocenters. The van der Waals surface area contributed by atoms with Gasteiger partial charge in [0.05, 0.1) is 0 Å². The van der Waals surface area contributed by atoms with Crippen LogP contribution < -0.4 is 4.74 Å². The molecule has 0 N–H and O–H groups in total. The summed E-state index contributed by atoms with van der Waals surface area (Å²) in [5, 5.41) is 3.78. The average Bonchev–Trinajstić information content (AvgIpc) is 2.75. The van der Waals surface area contributed by atoms with Crippen LogP contribution in [0, 0.1) is 0 Å². The molecule has 0 bridgehead atoms. The van der Waals surface area contributed by atoms with E-state index in [1.807, 2.05) is 6.92 Å². The summed E-state index contributed by atoms with van der Waals surface area (Å²) in [6.45, 7) is 1.90. The normalized spacial score (nSPS) is 11.6. The first-order valence-corrected chi connectivity index (χ1v) is 5.29. The molecule has 0 aliphatic carbocycles. The minimum Gasteiger partial charge on any atom is -0.406 e. The Balaban J connectivity index is 2.26. The Labute approximate surface area is 101 Å². The summed E-state index contributed by atoms with van der Waals surface area (Å²) in [6.07, 6.45) is -4.03. The fourth-order valence-electron chi connectivity index (χ4n) is 1.47. The van der Waals surface area contributed by atoms with Crippen LogP contribution in [0.15, 0.2) is 34.9 Å². The van der Waals surface area contributed by atoms with Crippen molar-refractivity contribution in [3.05, 3.63) is 36.1 Å². The van der Waals surface area contributed by atoms with E-state index in [1.165, 1.54) is 18.2 Å². The summed E-state index contributed by atoms with van der Waals surface area (Å²) in [5.74, 6) is 0.396. The van der Waals surface area contributed by atoms with Crippen molar-refractivity contribution in [2.24, 2.45) is 0 Å². The number of benzene rings is 1. The van der Waals surface area contributed by atoms with Gasteiger partial charge < -0.3 is 9.26 Å². The molecule has 1 heterocycles. The first-order chi connectivity index (χ1) is 8.48. The van der Waals surface area contributed by atoms with E-state index in [2.05, 4.69) is 9.89 Å². The zero-order chi connectivity index (χ0) is 13.2. The zero-order valence-corrected chi connectivity index (χ0v) is 9.49. The number of nitrogens with zero attached hydrogens (tertiary/aromatic N) is 1. The Morgan fingerprint density at radius 3 is 2.67 bits per heavy atom. The highest BCUT2D eigenvalue weighted by atomic mass is 19.4. The summed E-state index contributed by atoms with van der Waals surface area (Å²) in [6, 6.07) is 7.30. The van der Waals surface area contributed by atoms with Gasteiger partial charge in [0.2, 0.25) is 0 Å². The van der Waals surface area contributed by atoms with Crippen molar-refractivity contribution in [1.29, 1.82) is 0 Å². The summed E-state index contributed by atoms with van der Waals surface area (Å²) < 4.78 is 45.1. The van der Waals surface area contributed by atoms with E-state index in [-0.39, 0.29) is 5.75 Å². The Morgan fingerprint density at radius 2 is 2.06 bits per heavy atom. The molecule has 2 rings (SSSR count). The van der Waals surface area contributed by atoms with Gasteiger partial charge in [-0.2, -0.15) is 0 Å². The maximum absolute atomic E-state index is 12.1. The van der Waals surface area contributed by atoms with Crippen LogP contribution in [-0.4, -0.2) is 11.5 Å². The second-order valence-electron chi connectivity index (χ2n) is 3.61. The molecule has 1 aromatic carbocycles. The number of hydrogen-bond acceptors (Lipinski definition) is 3. The molecule has 18 heavy (non-hydrogen) atoms. The van der Waals surface area contributed by atoms with Crippen LogP contribution in [0.2, 0.25) is 0 Å². The third-order valence-corrected chi connectivity index (χ3v) is 2.27. The van der Waals surface area contributed by atoms with Crippen molar-refractivity contribution < 1.29 is 22.4 Å². The number of rotatable bonds is 3. The van der Waals surface area contributed by atoms with Gasteiger partial charge >= 0.3 is 6.36 Å². The molecular weight excluding hydrogens is 247 g/mol. The predicted molar refractivity (Wildman–Crippen MR) is 58.0 cm³/mol. The molecule has 0 saturated carbocycles. The van der Waals surface area contributed by atoms with E-state index >= 15 is 0 Å². The van der Waals surface area contributed by atoms with Crippen LogP contribution >= 0.6 is 0 Å². The quantitative estimate of drug-likeness (QED) is 0.838. The van der Waals surface area contributed by atoms with Crippen LogP contribution in [0.3, 0.4) is 0 Å². The van der Waals surface area contributed by atoms with E-state index in [1.54, 1.807) is 12.1 Å². The lowest BCUT2D eigenvalue weighted by atomic mass is 10.1. The molecule has 0 fully saturated rings. The molecule has 0 aliphatic heterocycles. The molecule has 0 radical (unpaired) electrons. The maximum Gasteiger partial charge on any atom is 0.573 e. The van der Waals surface area contributed by atoms with Gasteiger partial charge in [-0.25, -0.2) is 0 Å². The second kappa shape index (κ2) is 4.72. The van der Waals surface area contributed by atoms with E-state index in [0.717, 1.165) is 0 Å². The molecule has 0 amide bonds. The van der Waals surface area contributed by atoms with Crippen LogP contribution in [-0.2, 0) is 6.42 Å². The number of alkyl halides is 3. The van der Waals surface area contributed by atoms with Crippen molar-refractivity contribution in [2.45, 2.75) is 19.7 Å². The van der Waals surface area contributed by atoms with Crippen molar-refractivity contribution in [2.75, 3.05) is 0 Å². The molecule has 0 saturated heterocycles. The molecule has 3 nitrogen and oxygen atoms in total. The van der Waals surface area contributed by atoms with E-state index in [0.29, 0.717) is 23.4 Å². The van der Waals surface area contributed by atoms with Gasteiger partial charge in [-0.3, -0.25) is 0 Å². The highest BCUT2D eigenvalue weighted by Gasteiger charge is 2.31. The molecule has 0 spiro atoms. The fourth-order valence-corrected chi connectivity index (χ4v) is 1.47. The Bertz CT molecular complexity index is 534. The van der Waals surface area contributed by atoms with Gasteiger partial charge in [-0.05, 0) is 12.1 Å². The van der Waals surface area contributed by atoms with E-state index in [9.17, 15) is 13.2 Å². The van der Waals surface area contributed by atoms with Gasteiger partial charge in [0.15, 0.2) is 0 Å². The van der Waals surface area contributed by atoms with E-state index in [4.69, 9.17) is 4.52 Å². The third-order valence-electron chi connectivity index (χ3n) is 2.27. The Morgan fingerprint density at radius 1 is 1.28 bits per heavy atom. The highest BCUT2D eigenvalue weighted by Crippen LogP contribution is 2.27. The number of aryl methyl sites for hydroxylation is 1. The molecule has 6 heteroatoms. The summed E-state index contributed by atoms with van der Waals surface area (Å²) in [4.78, 5) is 0. The maximum atomic E-state index is 12.1. The van der Waals surface area contributed by atoms with Crippen molar-refractivity contribution in [3.8, 4) is 17.0 Å². The van der Waals surface area contributed by atoms with Gasteiger partial charge in [0.1, 0.15) is 17.2 Å². The molecule has 0 atom stereocenters. The fraction of sp³-hybridized carbons (Fsp3) is 0.250. The van der Waals surface area contributed by atoms with Gasteiger partial charge in [0, 0.05) is 18.1 Å². The SMILES string of the molecule is CCc1cc(-c2cccc(OC(F)(F)F)c2)no1. The highest BCUT2D eigenvalue weighted by molar-refractivity contribution is 5.60. The summed E-state index contributed by atoms with van der Waals surface area (Å²) in [7, 11) is 0. The first-order valence-electron chi connectivity index (χ1n) is 5.29. The van der Waals surface area contributed by atoms with Gasteiger partial charge in [0.25, 0.3) is 0 Å². The molecule has 96 valence electrons. The van der Waals surface area contributed by atoms with Gasteiger partial charge in [-0.15, -0.1) is 13.2 Å². The molecule has 1 aromatic heterocycles. The lowest BCUT2D eigenvalue weighted by Gasteiger charge is -2.08. The largest absolute Gasteiger partial charge is 0.573 e.